The smallest absolute Gasteiger partial charge is 0.129 e. The summed E-state index contributed by atoms with van der Waals surface area (Å²) in [7, 11) is 0. The third-order valence-electron chi connectivity index (χ3n) is 4.88. The number of halogens is 1. The summed E-state index contributed by atoms with van der Waals surface area (Å²) >= 11 is 5.86. The number of pyridine rings is 1. The molecule has 1 saturated heterocycles. The van der Waals surface area contributed by atoms with Gasteiger partial charge in [-0.1, -0.05) is 54.1 Å². The van der Waals surface area contributed by atoms with E-state index < -0.39 is 0 Å². The topological polar surface area (TPSA) is 19.4 Å². The fourth-order valence-electron chi connectivity index (χ4n) is 3.46. The van der Waals surface area contributed by atoms with Crippen LogP contribution < -0.4 is 0 Å². The number of nitrogens with zero attached hydrogens (tertiary/aromatic N) is 3. The van der Waals surface area contributed by atoms with Gasteiger partial charge in [-0.25, -0.2) is 4.98 Å². The molecule has 4 rings (SSSR count). The van der Waals surface area contributed by atoms with Crippen molar-refractivity contribution in [3.8, 4) is 0 Å². The van der Waals surface area contributed by atoms with Gasteiger partial charge in [0.2, 0.25) is 0 Å². The van der Waals surface area contributed by atoms with Gasteiger partial charge >= 0.3 is 0 Å². The van der Waals surface area contributed by atoms with Crippen molar-refractivity contribution in [2.24, 2.45) is 0 Å². The van der Waals surface area contributed by atoms with Crippen LogP contribution in [0.15, 0.2) is 60.8 Å². The summed E-state index contributed by atoms with van der Waals surface area (Å²) in [5.41, 5.74) is 2.63. The second kappa shape index (κ2) is 7.52. The molecule has 4 heteroatoms. The van der Waals surface area contributed by atoms with Gasteiger partial charge in [-0.05, 0) is 34.0 Å². The molecule has 25 heavy (non-hydrogen) atoms. The molecule has 0 bridgehead atoms. The first-order valence-electron chi connectivity index (χ1n) is 8.79. The average Bonchev–Trinajstić information content (AvgIpc) is 2.65. The van der Waals surface area contributed by atoms with Crippen molar-refractivity contribution in [2.45, 2.75) is 13.1 Å². The van der Waals surface area contributed by atoms with Crippen molar-refractivity contribution >= 4 is 22.4 Å². The Morgan fingerprint density at radius 3 is 2.08 bits per heavy atom. The number of hydrogen-bond acceptors (Lipinski definition) is 3. The number of aromatic nitrogens is 1. The van der Waals surface area contributed by atoms with E-state index in [1.807, 2.05) is 12.3 Å². The molecule has 1 aliphatic heterocycles. The van der Waals surface area contributed by atoms with Gasteiger partial charge in [0.05, 0.1) is 0 Å². The first-order chi connectivity index (χ1) is 12.3. The molecule has 3 nitrogen and oxygen atoms in total. The zero-order chi connectivity index (χ0) is 17.1. The van der Waals surface area contributed by atoms with Crippen LogP contribution in [0.1, 0.15) is 11.1 Å². The summed E-state index contributed by atoms with van der Waals surface area (Å²) in [6, 6.07) is 19.3. The maximum Gasteiger partial charge on any atom is 0.129 e. The van der Waals surface area contributed by atoms with Gasteiger partial charge in [0.15, 0.2) is 0 Å². The maximum absolute atomic E-state index is 5.86. The molecule has 0 aliphatic carbocycles. The van der Waals surface area contributed by atoms with Gasteiger partial charge in [-0.3, -0.25) is 9.80 Å². The van der Waals surface area contributed by atoms with E-state index in [9.17, 15) is 0 Å². The molecular weight excluding hydrogens is 330 g/mol. The van der Waals surface area contributed by atoms with Gasteiger partial charge in [0.25, 0.3) is 0 Å². The molecular formula is C21H22ClN3. The van der Waals surface area contributed by atoms with Crippen molar-refractivity contribution in [1.29, 1.82) is 0 Å². The molecule has 128 valence electrons. The minimum Gasteiger partial charge on any atom is -0.297 e. The van der Waals surface area contributed by atoms with Crippen molar-refractivity contribution in [2.75, 3.05) is 26.2 Å². The van der Waals surface area contributed by atoms with Crippen molar-refractivity contribution < 1.29 is 0 Å². The minimum atomic E-state index is 0.559. The highest BCUT2D eigenvalue weighted by Gasteiger charge is 2.17. The summed E-state index contributed by atoms with van der Waals surface area (Å²) in [6.45, 7) is 6.38. The lowest BCUT2D eigenvalue weighted by atomic mass is 10.1. The Morgan fingerprint density at radius 2 is 1.40 bits per heavy atom. The lowest BCUT2D eigenvalue weighted by molar-refractivity contribution is 0.122. The molecule has 1 aromatic heterocycles. The summed E-state index contributed by atoms with van der Waals surface area (Å²) in [5, 5.41) is 3.20. The second-order valence-electron chi connectivity index (χ2n) is 6.72. The normalized spacial score (nSPS) is 16.4. The Morgan fingerprint density at radius 1 is 0.760 bits per heavy atom. The fraction of sp³-hybridized carbons (Fsp3) is 0.286. The second-order valence-corrected chi connectivity index (χ2v) is 7.11. The van der Waals surface area contributed by atoms with Crippen LogP contribution in [-0.2, 0) is 13.1 Å². The summed E-state index contributed by atoms with van der Waals surface area (Å²) in [4.78, 5) is 9.20. The van der Waals surface area contributed by atoms with Crippen LogP contribution in [0, 0.1) is 0 Å². The van der Waals surface area contributed by atoms with E-state index in [-0.39, 0.29) is 0 Å². The number of piperazine rings is 1. The SMILES string of the molecule is Clc1ccc(CN2CCN(Cc3ccc4ccccc4c3)CC2)cn1. The van der Waals surface area contributed by atoms with E-state index >= 15 is 0 Å². The van der Waals surface area contributed by atoms with Gasteiger partial charge in [-0.2, -0.15) is 0 Å². The van der Waals surface area contributed by atoms with Crippen molar-refractivity contribution in [1.82, 2.24) is 14.8 Å². The molecule has 0 saturated carbocycles. The van der Waals surface area contributed by atoms with Crippen molar-refractivity contribution in [3.63, 3.8) is 0 Å². The molecule has 0 amide bonds. The Balaban J connectivity index is 1.32. The number of rotatable bonds is 4. The van der Waals surface area contributed by atoms with Gasteiger partial charge in [0, 0.05) is 45.5 Å². The minimum absolute atomic E-state index is 0.559. The summed E-state index contributed by atoms with van der Waals surface area (Å²) < 4.78 is 0. The molecule has 3 aromatic rings. The largest absolute Gasteiger partial charge is 0.297 e. The fourth-order valence-corrected chi connectivity index (χ4v) is 3.57. The van der Waals surface area contributed by atoms with Crippen LogP contribution in [0.5, 0.6) is 0 Å². The first-order valence-corrected chi connectivity index (χ1v) is 9.17. The molecule has 0 radical (unpaired) electrons. The van der Waals surface area contributed by atoms with Crippen LogP contribution in [0.4, 0.5) is 0 Å². The maximum atomic E-state index is 5.86. The first kappa shape index (κ1) is 16.5. The Hall–Kier alpha value is -1.94. The van der Waals surface area contributed by atoms with Crippen LogP contribution in [0.25, 0.3) is 10.8 Å². The van der Waals surface area contributed by atoms with Crippen LogP contribution in [0.2, 0.25) is 5.15 Å². The lowest BCUT2D eigenvalue weighted by Gasteiger charge is -2.34. The van der Waals surface area contributed by atoms with Gasteiger partial charge in [-0.15, -0.1) is 0 Å². The Kier molecular flexibility index (Phi) is 4.97. The third kappa shape index (κ3) is 4.18. The van der Waals surface area contributed by atoms with Gasteiger partial charge in [0.1, 0.15) is 5.15 Å². The highest BCUT2D eigenvalue weighted by molar-refractivity contribution is 6.29. The van der Waals surface area contributed by atoms with E-state index in [1.165, 1.54) is 21.9 Å². The monoisotopic (exact) mass is 351 g/mol. The molecule has 2 heterocycles. The quantitative estimate of drug-likeness (QED) is 0.656. The zero-order valence-corrected chi connectivity index (χ0v) is 15.0. The molecule has 2 aromatic carbocycles. The summed E-state index contributed by atoms with van der Waals surface area (Å²) in [5.74, 6) is 0. The van der Waals surface area contributed by atoms with Crippen LogP contribution in [0.3, 0.4) is 0 Å². The number of benzene rings is 2. The van der Waals surface area contributed by atoms with Gasteiger partial charge < -0.3 is 0 Å². The highest BCUT2D eigenvalue weighted by Crippen LogP contribution is 2.18. The molecule has 1 aliphatic rings. The average molecular weight is 352 g/mol. The van der Waals surface area contributed by atoms with E-state index in [0.717, 1.165) is 39.3 Å². The zero-order valence-electron chi connectivity index (χ0n) is 14.2. The third-order valence-corrected chi connectivity index (χ3v) is 5.10. The molecule has 0 N–H and O–H groups in total. The van der Waals surface area contributed by atoms with E-state index in [0.29, 0.717) is 5.15 Å². The van der Waals surface area contributed by atoms with Crippen LogP contribution >= 0.6 is 11.6 Å². The van der Waals surface area contributed by atoms with E-state index in [2.05, 4.69) is 63.3 Å². The standard InChI is InChI=1S/C21H22ClN3/c22-21-8-6-18(14-23-21)16-25-11-9-24(10-12-25)15-17-5-7-19-3-1-2-4-20(19)13-17/h1-8,13-14H,9-12,15-16H2. The predicted molar refractivity (Wildman–Crippen MR) is 104 cm³/mol. The lowest BCUT2D eigenvalue weighted by Crippen LogP contribution is -2.45. The number of hydrogen-bond donors (Lipinski definition) is 0. The van der Waals surface area contributed by atoms with E-state index in [4.69, 9.17) is 11.6 Å². The highest BCUT2D eigenvalue weighted by atomic mass is 35.5. The Labute approximate surface area is 153 Å². The Bertz CT molecular complexity index is 839. The van der Waals surface area contributed by atoms with Crippen molar-refractivity contribution in [3.05, 3.63) is 77.1 Å². The molecule has 1 fully saturated rings. The molecule has 0 atom stereocenters. The predicted octanol–water partition coefficient (Wildman–Crippen LogP) is 4.21. The number of fused-ring (bicyclic) bond motifs is 1. The van der Waals surface area contributed by atoms with Crippen LogP contribution in [-0.4, -0.2) is 41.0 Å². The summed E-state index contributed by atoms with van der Waals surface area (Å²) in [6.07, 6.45) is 1.88. The van der Waals surface area contributed by atoms with E-state index in [1.54, 1.807) is 0 Å². The molecule has 0 unspecified atom stereocenters. The molecule has 0 spiro atoms.